The molecule has 8 heteroatoms. The van der Waals surface area contributed by atoms with E-state index in [1.165, 1.54) is 0 Å². The van der Waals surface area contributed by atoms with Gasteiger partial charge in [0, 0.05) is 36.7 Å². The fourth-order valence-corrected chi connectivity index (χ4v) is 4.21. The molecule has 0 unspecified atom stereocenters. The third kappa shape index (κ3) is 3.65. The summed E-state index contributed by atoms with van der Waals surface area (Å²) in [5.41, 5.74) is 4.15. The van der Waals surface area contributed by atoms with Crippen molar-refractivity contribution in [2.24, 2.45) is 0 Å². The molecule has 0 N–H and O–H groups in total. The smallest absolute Gasteiger partial charge is 0.258 e. The van der Waals surface area contributed by atoms with Gasteiger partial charge < -0.3 is 9.30 Å². The number of aryl methyl sites for hydroxylation is 1. The largest absolute Gasteiger partial charge is 0.383 e. The van der Waals surface area contributed by atoms with E-state index >= 15 is 0 Å². The van der Waals surface area contributed by atoms with Crippen LogP contribution in [0.1, 0.15) is 11.3 Å². The van der Waals surface area contributed by atoms with E-state index in [9.17, 15) is 4.79 Å². The molecule has 6 nitrogen and oxygen atoms in total. The minimum atomic E-state index is -0.0797. The zero-order valence-electron chi connectivity index (χ0n) is 15.6. The van der Waals surface area contributed by atoms with Crippen LogP contribution in [0.3, 0.4) is 0 Å². The van der Waals surface area contributed by atoms with Gasteiger partial charge in [-0.3, -0.25) is 9.20 Å². The normalized spacial score (nSPS) is 11.5. The number of rotatable bonds is 6. The monoisotopic (exact) mass is 414 g/mol. The average molecular weight is 415 g/mol. The summed E-state index contributed by atoms with van der Waals surface area (Å²) in [5.74, 6) is 0.546. The molecule has 3 aromatic heterocycles. The molecule has 0 amide bonds. The molecule has 3 heterocycles. The van der Waals surface area contributed by atoms with Crippen LogP contribution in [0, 0.1) is 6.92 Å². The quantitative estimate of drug-likeness (QED) is 0.447. The molecule has 0 saturated carbocycles. The van der Waals surface area contributed by atoms with Crippen LogP contribution in [0.15, 0.2) is 52.5 Å². The minimum Gasteiger partial charge on any atom is -0.383 e. The van der Waals surface area contributed by atoms with Crippen molar-refractivity contribution in [2.45, 2.75) is 24.4 Å². The van der Waals surface area contributed by atoms with Crippen molar-refractivity contribution >= 4 is 40.0 Å². The van der Waals surface area contributed by atoms with Gasteiger partial charge in [0.1, 0.15) is 5.65 Å². The van der Waals surface area contributed by atoms with Crippen molar-refractivity contribution in [3.8, 4) is 0 Å². The Balaban J connectivity index is 1.68. The lowest BCUT2D eigenvalue weighted by molar-refractivity contribution is 0.186. The van der Waals surface area contributed by atoms with Gasteiger partial charge in [-0.25, -0.2) is 9.97 Å². The number of halogens is 1. The second kappa shape index (κ2) is 7.95. The highest BCUT2D eigenvalue weighted by molar-refractivity contribution is 7.98. The van der Waals surface area contributed by atoms with Gasteiger partial charge in [0.25, 0.3) is 5.56 Å². The lowest BCUT2D eigenvalue weighted by Crippen LogP contribution is -2.15. The first-order valence-corrected chi connectivity index (χ1v) is 10.2. The number of fused-ring (bicyclic) bond motifs is 2. The van der Waals surface area contributed by atoms with Crippen LogP contribution >= 0.6 is 23.4 Å². The Morgan fingerprint density at radius 3 is 2.89 bits per heavy atom. The molecule has 0 fully saturated rings. The molecule has 0 aliphatic rings. The lowest BCUT2D eigenvalue weighted by atomic mass is 10.3. The van der Waals surface area contributed by atoms with Crippen LogP contribution in [0.5, 0.6) is 0 Å². The SMILES string of the molecule is COCCn1c(SCc2cc(=O)n3cccc(C)c3n2)nc2cc(Cl)ccc21. The average Bonchev–Trinajstić information content (AvgIpc) is 3.02. The predicted octanol–water partition coefficient (Wildman–Crippen LogP) is 3.94. The third-order valence-corrected chi connectivity index (χ3v) is 5.73. The molecule has 4 aromatic rings. The number of pyridine rings is 1. The topological polar surface area (TPSA) is 61.4 Å². The first kappa shape index (κ1) is 19.0. The number of aromatic nitrogens is 4. The number of thioether (sulfide) groups is 1. The van der Waals surface area contributed by atoms with Crippen molar-refractivity contribution in [3.63, 3.8) is 0 Å². The second-order valence-corrected chi connectivity index (χ2v) is 7.81. The Kier molecular flexibility index (Phi) is 5.39. The van der Waals surface area contributed by atoms with E-state index in [2.05, 4.69) is 9.55 Å². The minimum absolute atomic E-state index is 0.0797. The van der Waals surface area contributed by atoms with Gasteiger partial charge in [-0.15, -0.1) is 0 Å². The number of methoxy groups -OCH3 is 1. The molecule has 0 aliphatic heterocycles. The molecule has 4 rings (SSSR count). The maximum absolute atomic E-state index is 12.4. The highest BCUT2D eigenvalue weighted by Crippen LogP contribution is 2.28. The predicted molar refractivity (Wildman–Crippen MR) is 112 cm³/mol. The molecule has 0 spiro atoms. The maximum Gasteiger partial charge on any atom is 0.258 e. The van der Waals surface area contributed by atoms with Gasteiger partial charge in [-0.2, -0.15) is 0 Å². The van der Waals surface area contributed by atoms with E-state index in [1.54, 1.807) is 35.5 Å². The van der Waals surface area contributed by atoms with E-state index in [0.717, 1.165) is 27.4 Å². The third-order valence-electron chi connectivity index (χ3n) is 4.48. The van der Waals surface area contributed by atoms with Gasteiger partial charge in [0.05, 0.1) is 23.3 Å². The molecule has 28 heavy (non-hydrogen) atoms. The van der Waals surface area contributed by atoms with Crippen molar-refractivity contribution in [1.82, 2.24) is 18.9 Å². The van der Waals surface area contributed by atoms with Gasteiger partial charge in [-0.1, -0.05) is 29.4 Å². The van der Waals surface area contributed by atoms with E-state index in [1.807, 2.05) is 37.3 Å². The Labute approximate surface area is 171 Å². The van der Waals surface area contributed by atoms with E-state index < -0.39 is 0 Å². The molecule has 0 bridgehead atoms. The zero-order chi connectivity index (χ0) is 19.7. The number of hydrogen-bond acceptors (Lipinski definition) is 5. The molecule has 0 radical (unpaired) electrons. The summed E-state index contributed by atoms with van der Waals surface area (Å²) in [6.45, 7) is 3.22. The number of imidazole rings is 1. The first-order chi connectivity index (χ1) is 13.6. The summed E-state index contributed by atoms with van der Waals surface area (Å²) in [5, 5.41) is 1.50. The molecule has 0 atom stereocenters. The summed E-state index contributed by atoms with van der Waals surface area (Å²) in [6.07, 6.45) is 1.74. The number of ether oxygens (including phenoxy) is 1. The number of hydrogen-bond donors (Lipinski definition) is 0. The van der Waals surface area contributed by atoms with Crippen molar-refractivity contribution < 1.29 is 4.74 Å². The van der Waals surface area contributed by atoms with Gasteiger partial charge in [0.2, 0.25) is 0 Å². The number of nitrogens with zero attached hydrogens (tertiary/aromatic N) is 4. The summed E-state index contributed by atoms with van der Waals surface area (Å²) in [6, 6.07) is 11.1. The molecular formula is C20H19ClN4O2S. The molecule has 0 saturated heterocycles. The van der Waals surface area contributed by atoms with Crippen molar-refractivity contribution in [2.75, 3.05) is 13.7 Å². The molecule has 144 valence electrons. The summed E-state index contributed by atoms with van der Waals surface area (Å²) in [7, 11) is 1.68. The van der Waals surface area contributed by atoms with Crippen LogP contribution < -0.4 is 5.56 Å². The van der Waals surface area contributed by atoms with Crippen LogP contribution in [-0.4, -0.2) is 32.7 Å². The molecule has 0 aliphatic carbocycles. The summed E-state index contributed by atoms with van der Waals surface area (Å²) < 4.78 is 8.92. The Morgan fingerprint density at radius 1 is 1.21 bits per heavy atom. The van der Waals surface area contributed by atoms with Crippen LogP contribution in [0.4, 0.5) is 0 Å². The van der Waals surface area contributed by atoms with Gasteiger partial charge in [0.15, 0.2) is 5.16 Å². The van der Waals surface area contributed by atoms with Crippen LogP contribution in [0.25, 0.3) is 16.7 Å². The Hall–Kier alpha value is -2.35. The molecule has 1 aromatic carbocycles. The van der Waals surface area contributed by atoms with Gasteiger partial charge in [-0.05, 0) is 36.8 Å². The Bertz CT molecular complexity index is 1220. The van der Waals surface area contributed by atoms with Crippen molar-refractivity contribution in [1.29, 1.82) is 0 Å². The van der Waals surface area contributed by atoms with E-state index in [-0.39, 0.29) is 5.56 Å². The molecular weight excluding hydrogens is 396 g/mol. The van der Waals surface area contributed by atoms with Crippen LogP contribution in [-0.2, 0) is 17.0 Å². The lowest BCUT2D eigenvalue weighted by Gasteiger charge is -2.09. The van der Waals surface area contributed by atoms with E-state index in [4.69, 9.17) is 21.3 Å². The van der Waals surface area contributed by atoms with E-state index in [0.29, 0.717) is 29.6 Å². The fourth-order valence-electron chi connectivity index (χ4n) is 3.11. The zero-order valence-corrected chi connectivity index (χ0v) is 17.1. The highest BCUT2D eigenvalue weighted by Gasteiger charge is 2.13. The summed E-state index contributed by atoms with van der Waals surface area (Å²) in [4.78, 5) is 21.8. The highest BCUT2D eigenvalue weighted by atomic mass is 35.5. The maximum atomic E-state index is 12.4. The van der Waals surface area contributed by atoms with Crippen LogP contribution in [0.2, 0.25) is 5.02 Å². The summed E-state index contributed by atoms with van der Waals surface area (Å²) >= 11 is 7.67. The first-order valence-electron chi connectivity index (χ1n) is 8.82. The van der Waals surface area contributed by atoms with Gasteiger partial charge >= 0.3 is 0 Å². The Morgan fingerprint density at radius 2 is 2.07 bits per heavy atom. The number of benzene rings is 1. The van der Waals surface area contributed by atoms with Crippen molar-refractivity contribution in [3.05, 3.63) is 69.2 Å². The second-order valence-electron chi connectivity index (χ2n) is 6.43. The fraction of sp³-hybridized carbons (Fsp3) is 0.250. The standard InChI is InChI=1S/C20H19ClN4O2S/c1-13-4-3-7-25-18(26)11-15(22-19(13)25)12-28-20-23-16-10-14(21)5-6-17(16)24(20)8-9-27-2/h3-7,10-11H,8-9,12H2,1-2H3.